The lowest BCUT2D eigenvalue weighted by Crippen LogP contribution is -2.62. The maximum Gasteiger partial charge on any atom is 0.420 e. The summed E-state index contributed by atoms with van der Waals surface area (Å²) >= 11 is 1.07. The summed E-state index contributed by atoms with van der Waals surface area (Å²) < 4.78 is 5.64. The van der Waals surface area contributed by atoms with Gasteiger partial charge in [-0.1, -0.05) is 66.7 Å². The first-order chi connectivity index (χ1) is 17.9. The molecule has 0 bridgehead atoms. The Kier molecular flexibility index (Phi) is 5.13. The van der Waals surface area contributed by atoms with Crippen molar-refractivity contribution in [1.82, 2.24) is 0 Å². The zero-order valence-corrected chi connectivity index (χ0v) is 20.8. The van der Waals surface area contributed by atoms with Gasteiger partial charge in [-0.25, -0.2) is 9.69 Å². The van der Waals surface area contributed by atoms with Gasteiger partial charge in [-0.3, -0.25) is 19.9 Å². The number of thioether (sulfide) groups is 1. The molecular formula is C27H22N4O5S. The zero-order valence-electron chi connectivity index (χ0n) is 20.0. The minimum absolute atomic E-state index is 0.0574. The van der Waals surface area contributed by atoms with Crippen LogP contribution in [0.5, 0.6) is 0 Å². The summed E-state index contributed by atoms with van der Waals surface area (Å²) in [5.41, 5.74) is -0.939. The Bertz CT molecular complexity index is 1490. The van der Waals surface area contributed by atoms with Crippen molar-refractivity contribution in [1.29, 1.82) is 0 Å². The van der Waals surface area contributed by atoms with Crippen molar-refractivity contribution < 1.29 is 19.2 Å². The lowest BCUT2D eigenvalue weighted by Gasteiger charge is -2.33. The molecule has 3 aromatic rings. The number of benzene rings is 3. The largest absolute Gasteiger partial charge is 0.444 e. The molecule has 3 atom stereocenters. The number of fused-ring (bicyclic) bond motifs is 6. The molecule has 186 valence electrons. The van der Waals surface area contributed by atoms with Gasteiger partial charge in [0.25, 0.3) is 5.91 Å². The van der Waals surface area contributed by atoms with Crippen molar-refractivity contribution in [2.75, 3.05) is 23.1 Å². The highest BCUT2D eigenvalue weighted by Gasteiger charge is 2.80. The van der Waals surface area contributed by atoms with Gasteiger partial charge >= 0.3 is 11.8 Å². The Balaban J connectivity index is 1.57. The summed E-state index contributed by atoms with van der Waals surface area (Å²) in [6, 6.07) is 23.1. The normalized spacial score (nSPS) is 25.1. The zero-order chi connectivity index (χ0) is 25.9. The van der Waals surface area contributed by atoms with Crippen LogP contribution in [-0.4, -0.2) is 40.9 Å². The number of anilines is 2. The van der Waals surface area contributed by atoms with E-state index < -0.39 is 28.1 Å². The lowest BCUT2D eigenvalue weighted by atomic mass is 9.73. The van der Waals surface area contributed by atoms with Crippen LogP contribution in [0.1, 0.15) is 22.6 Å². The number of hydrogen-bond donors (Lipinski definition) is 0. The Morgan fingerprint density at radius 3 is 2.41 bits per heavy atom. The van der Waals surface area contributed by atoms with Crippen molar-refractivity contribution in [3.8, 4) is 0 Å². The van der Waals surface area contributed by atoms with Crippen LogP contribution in [0.3, 0.4) is 0 Å². The number of aliphatic imine (C=N–C) groups is 1. The molecule has 0 saturated heterocycles. The van der Waals surface area contributed by atoms with Crippen molar-refractivity contribution in [3.63, 3.8) is 0 Å². The van der Waals surface area contributed by atoms with E-state index in [1.807, 2.05) is 24.3 Å². The van der Waals surface area contributed by atoms with Crippen molar-refractivity contribution >= 4 is 40.2 Å². The minimum atomic E-state index is -2.15. The molecule has 0 aromatic heterocycles. The highest BCUT2D eigenvalue weighted by atomic mass is 32.2. The summed E-state index contributed by atoms with van der Waals surface area (Å²) in [4.78, 5) is 47.9. The molecular weight excluding hydrogens is 492 g/mol. The van der Waals surface area contributed by atoms with Crippen LogP contribution in [0, 0.1) is 10.1 Å². The molecule has 0 fully saturated rings. The van der Waals surface area contributed by atoms with Crippen LogP contribution in [0.4, 0.5) is 16.2 Å². The monoisotopic (exact) mass is 514 g/mol. The van der Waals surface area contributed by atoms with E-state index in [1.54, 1.807) is 67.9 Å². The van der Waals surface area contributed by atoms with Gasteiger partial charge in [0.05, 0.1) is 10.6 Å². The fourth-order valence-corrected chi connectivity index (χ4v) is 6.76. The summed E-state index contributed by atoms with van der Waals surface area (Å²) in [7, 11) is 1.64. The highest BCUT2D eigenvalue weighted by Crippen LogP contribution is 2.65. The first-order valence-electron chi connectivity index (χ1n) is 11.6. The lowest BCUT2D eigenvalue weighted by molar-refractivity contribution is -0.546. The molecule has 10 heteroatoms. The average molecular weight is 515 g/mol. The first-order valence-corrected chi connectivity index (χ1v) is 12.9. The quantitative estimate of drug-likeness (QED) is 0.375. The van der Waals surface area contributed by atoms with E-state index in [9.17, 15) is 19.7 Å². The third-order valence-electron chi connectivity index (χ3n) is 7.41. The van der Waals surface area contributed by atoms with Crippen molar-refractivity contribution in [2.45, 2.75) is 23.7 Å². The maximum absolute atomic E-state index is 14.0. The molecule has 3 aromatic carbocycles. The van der Waals surface area contributed by atoms with E-state index in [2.05, 4.69) is 0 Å². The van der Waals surface area contributed by atoms with Gasteiger partial charge in [-0.2, -0.15) is 0 Å². The third kappa shape index (κ3) is 2.84. The van der Waals surface area contributed by atoms with Crippen LogP contribution >= 0.6 is 11.8 Å². The van der Waals surface area contributed by atoms with E-state index in [0.717, 1.165) is 22.2 Å². The molecule has 3 heterocycles. The van der Waals surface area contributed by atoms with Gasteiger partial charge in [0, 0.05) is 18.3 Å². The van der Waals surface area contributed by atoms with Gasteiger partial charge in [0.1, 0.15) is 12.5 Å². The van der Waals surface area contributed by atoms with Crippen LogP contribution < -0.4 is 9.80 Å². The van der Waals surface area contributed by atoms with Gasteiger partial charge in [0.2, 0.25) is 0 Å². The number of amides is 2. The van der Waals surface area contributed by atoms with E-state index in [4.69, 9.17) is 9.73 Å². The summed E-state index contributed by atoms with van der Waals surface area (Å²) in [5, 5.41) is 13.3. The highest BCUT2D eigenvalue weighted by molar-refractivity contribution is 8.13. The van der Waals surface area contributed by atoms with Crippen LogP contribution in [0.2, 0.25) is 0 Å². The van der Waals surface area contributed by atoms with Gasteiger partial charge in [-0.05, 0) is 29.5 Å². The number of para-hydroxylation sites is 2. The molecule has 6 rings (SSSR count). The number of ether oxygens (including phenoxy) is 1. The van der Waals surface area contributed by atoms with E-state index in [1.165, 1.54) is 4.90 Å². The second-order valence-corrected chi connectivity index (χ2v) is 9.91. The van der Waals surface area contributed by atoms with Crippen LogP contribution in [0.25, 0.3) is 0 Å². The van der Waals surface area contributed by atoms with Gasteiger partial charge in [0.15, 0.2) is 10.6 Å². The Morgan fingerprint density at radius 1 is 1.05 bits per heavy atom. The molecule has 2 amide bonds. The molecule has 0 unspecified atom stereocenters. The fraction of sp³-hybridized carbons (Fsp3) is 0.222. The first kappa shape index (κ1) is 23.2. The smallest absolute Gasteiger partial charge is 0.420 e. The maximum atomic E-state index is 14.0. The SMILES string of the molecule is CSC1=N[C@@]2(C(=O)N(C)c3ccccc32)[C@@H]2c3ccccc3N(C(=O)OCc3ccccc3)[C@]12[N+](=O)[O-]. The molecule has 1 spiro atoms. The number of rotatable bonds is 3. The Morgan fingerprint density at radius 2 is 1.70 bits per heavy atom. The fourth-order valence-electron chi connectivity index (χ4n) is 5.95. The molecule has 3 aliphatic heterocycles. The molecule has 9 nitrogen and oxygen atoms in total. The van der Waals surface area contributed by atoms with Gasteiger partial charge < -0.3 is 9.64 Å². The summed E-state index contributed by atoms with van der Waals surface area (Å²) in [6.07, 6.45) is 0.799. The predicted octanol–water partition coefficient (Wildman–Crippen LogP) is 4.55. The Labute approximate surface area is 216 Å². The number of likely N-dealkylation sites (N-methyl/N-ethyl adjacent to an activating group) is 1. The second kappa shape index (κ2) is 8.17. The number of nitrogens with zero attached hydrogens (tertiary/aromatic N) is 4. The molecule has 3 aliphatic rings. The minimum Gasteiger partial charge on any atom is -0.444 e. The number of nitro groups is 1. The van der Waals surface area contributed by atoms with Crippen molar-refractivity contribution in [2.24, 2.45) is 4.99 Å². The van der Waals surface area contributed by atoms with Crippen LogP contribution in [0.15, 0.2) is 83.9 Å². The third-order valence-corrected chi connectivity index (χ3v) is 8.19. The van der Waals surface area contributed by atoms with Gasteiger partial charge in [-0.15, -0.1) is 11.8 Å². The van der Waals surface area contributed by atoms with E-state index >= 15 is 0 Å². The molecule has 37 heavy (non-hydrogen) atoms. The van der Waals surface area contributed by atoms with E-state index in [-0.39, 0.29) is 17.6 Å². The molecule has 0 aliphatic carbocycles. The summed E-state index contributed by atoms with van der Waals surface area (Å²) in [5.74, 6) is -1.46. The molecule has 0 N–H and O–H groups in total. The standard InChI is InChI=1S/C27H22N4O5S/c1-29-21-15-9-7-13-19(21)26(24(29)32)22-18-12-6-8-14-20(18)30(27(22,31(34)35)23(28-26)37-2)25(33)36-16-17-10-4-3-5-11-17/h3-15,22H,16H2,1-2H3/t22-,26+,27+/m0/s1. The number of carbonyl (C=O) groups excluding carboxylic acids is 2. The Hall–Kier alpha value is -4.18. The second-order valence-electron chi connectivity index (χ2n) is 9.12. The predicted molar refractivity (Wildman–Crippen MR) is 140 cm³/mol. The van der Waals surface area contributed by atoms with Crippen molar-refractivity contribution in [3.05, 3.63) is 106 Å². The van der Waals surface area contributed by atoms with E-state index in [0.29, 0.717) is 22.5 Å². The summed E-state index contributed by atoms with van der Waals surface area (Å²) in [6.45, 7) is -0.0574. The molecule has 0 radical (unpaired) electrons. The number of carbonyl (C=O) groups is 2. The molecule has 0 saturated carbocycles. The average Bonchev–Trinajstić information content (AvgIpc) is 3.48. The topological polar surface area (TPSA) is 105 Å². The number of hydrogen-bond acceptors (Lipinski definition) is 7. The van der Waals surface area contributed by atoms with Crippen LogP contribution in [-0.2, 0) is 21.7 Å².